The number of hydrogen-bond acceptors (Lipinski definition) is 3. The lowest BCUT2D eigenvalue weighted by atomic mass is 10.2. The first-order valence-corrected chi connectivity index (χ1v) is 4.46. The third-order valence-electron chi connectivity index (χ3n) is 2.25. The van der Waals surface area contributed by atoms with Gasteiger partial charge in [0.2, 0.25) is 0 Å². The summed E-state index contributed by atoms with van der Waals surface area (Å²) in [6.45, 7) is 4.42. The third-order valence-corrected chi connectivity index (χ3v) is 2.25. The predicted molar refractivity (Wildman–Crippen MR) is 48.2 cm³/mol. The van der Waals surface area contributed by atoms with Crippen molar-refractivity contribution in [2.24, 2.45) is 0 Å². The van der Waals surface area contributed by atoms with E-state index in [0.717, 1.165) is 31.0 Å². The molecule has 1 saturated heterocycles. The lowest BCUT2D eigenvalue weighted by Crippen LogP contribution is -2.37. The third kappa shape index (κ3) is 1.26. The van der Waals surface area contributed by atoms with E-state index in [1.165, 1.54) is 6.42 Å². The highest BCUT2D eigenvalue weighted by atomic mass is 15.2. The van der Waals surface area contributed by atoms with Gasteiger partial charge in [-0.3, -0.25) is 0 Å². The van der Waals surface area contributed by atoms with Gasteiger partial charge < -0.3 is 4.90 Å². The van der Waals surface area contributed by atoms with Gasteiger partial charge in [0.25, 0.3) is 0 Å². The molecule has 1 aliphatic rings. The smallest absolute Gasteiger partial charge is 0.132 e. The molecule has 0 atom stereocenters. The van der Waals surface area contributed by atoms with Crippen molar-refractivity contribution in [3.8, 4) is 0 Å². The zero-order valence-corrected chi connectivity index (χ0v) is 7.32. The van der Waals surface area contributed by atoms with E-state index in [0.29, 0.717) is 0 Å². The molecule has 2 rings (SSSR count). The fraction of sp³-hybridized carbons (Fsp3) is 0.556. The van der Waals surface area contributed by atoms with Crippen LogP contribution in [0.2, 0.25) is 0 Å². The largest absolute Gasteiger partial charge is 0.356 e. The minimum Gasteiger partial charge on any atom is -0.356 e. The zero-order valence-electron chi connectivity index (χ0n) is 7.32. The maximum atomic E-state index is 4.22. The van der Waals surface area contributed by atoms with E-state index in [-0.39, 0.29) is 0 Å². The minimum absolute atomic E-state index is 0.989. The second kappa shape index (κ2) is 3.09. The molecular weight excluding hydrogens is 150 g/mol. The van der Waals surface area contributed by atoms with Crippen molar-refractivity contribution in [2.45, 2.75) is 19.8 Å². The Balaban J connectivity index is 2.19. The predicted octanol–water partition coefficient (Wildman–Crippen LogP) is 1.25. The fourth-order valence-corrected chi connectivity index (χ4v) is 1.30. The van der Waals surface area contributed by atoms with Gasteiger partial charge in [0.1, 0.15) is 12.1 Å². The van der Waals surface area contributed by atoms with E-state index in [1.807, 2.05) is 0 Å². The van der Waals surface area contributed by atoms with Gasteiger partial charge in [-0.25, -0.2) is 9.97 Å². The first-order valence-electron chi connectivity index (χ1n) is 4.46. The summed E-state index contributed by atoms with van der Waals surface area (Å²) < 4.78 is 0. The molecule has 0 amide bonds. The van der Waals surface area contributed by atoms with Gasteiger partial charge in [0, 0.05) is 24.8 Å². The van der Waals surface area contributed by atoms with Crippen LogP contribution >= 0.6 is 0 Å². The van der Waals surface area contributed by atoms with Crippen LogP contribution in [0.25, 0.3) is 0 Å². The van der Waals surface area contributed by atoms with Gasteiger partial charge in [-0.1, -0.05) is 6.92 Å². The van der Waals surface area contributed by atoms with Crippen LogP contribution < -0.4 is 4.90 Å². The number of anilines is 1. The molecule has 1 aromatic heterocycles. The maximum absolute atomic E-state index is 4.22. The summed E-state index contributed by atoms with van der Waals surface area (Å²) in [7, 11) is 0. The van der Waals surface area contributed by atoms with Crippen molar-refractivity contribution in [1.29, 1.82) is 0 Å². The van der Waals surface area contributed by atoms with Crippen LogP contribution in [0.1, 0.15) is 19.0 Å². The van der Waals surface area contributed by atoms with E-state index < -0.39 is 0 Å². The zero-order chi connectivity index (χ0) is 8.39. The van der Waals surface area contributed by atoms with Gasteiger partial charge in [0.05, 0.1) is 0 Å². The number of aryl methyl sites for hydroxylation is 1. The number of rotatable bonds is 2. The summed E-state index contributed by atoms with van der Waals surface area (Å²) in [5.74, 6) is 1.09. The van der Waals surface area contributed by atoms with Gasteiger partial charge in [-0.05, 0) is 12.8 Å². The first kappa shape index (κ1) is 7.53. The molecule has 1 fully saturated rings. The molecule has 0 radical (unpaired) electrons. The average Bonchev–Trinajstić information content (AvgIpc) is 2.02. The molecule has 64 valence electrons. The maximum Gasteiger partial charge on any atom is 0.132 e. The molecule has 2 heterocycles. The Labute approximate surface area is 72.4 Å². The van der Waals surface area contributed by atoms with E-state index in [4.69, 9.17) is 0 Å². The van der Waals surface area contributed by atoms with Crippen LogP contribution in [0, 0.1) is 0 Å². The van der Waals surface area contributed by atoms with E-state index in [1.54, 1.807) is 6.33 Å². The van der Waals surface area contributed by atoms with Crippen LogP contribution in [0.3, 0.4) is 0 Å². The van der Waals surface area contributed by atoms with Crippen molar-refractivity contribution in [3.05, 3.63) is 18.1 Å². The highest BCUT2D eigenvalue weighted by molar-refractivity contribution is 5.40. The first-order chi connectivity index (χ1) is 5.90. The second-order valence-electron chi connectivity index (χ2n) is 3.06. The molecule has 1 aromatic rings. The fourth-order valence-electron chi connectivity index (χ4n) is 1.30. The molecule has 0 bridgehead atoms. The Kier molecular flexibility index (Phi) is 1.94. The number of hydrogen-bond donors (Lipinski definition) is 0. The molecule has 12 heavy (non-hydrogen) atoms. The van der Waals surface area contributed by atoms with Gasteiger partial charge in [-0.2, -0.15) is 0 Å². The molecule has 1 aliphatic heterocycles. The monoisotopic (exact) mass is 163 g/mol. The summed E-state index contributed by atoms with van der Waals surface area (Å²) in [5, 5.41) is 0. The summed E-state index contributed by atoms with van der Waals surface area (Å²) in [6.07, 6.45) is 3.95. The van der Waals surface area contributed by atoms with Gasteiger partial charge in [0.15, 0.2) is 0 Å². The SMILES string of the molecule is CCc1cc(N2CCC2)ncn1. The van der Waals surface area contributed by atoms with E-state index in [2.05, 4.69) is 27.9 Å². The van der Waals surface area contributed by atoms with Crippen LogP contribution in [0.15, 0.2) is 12.4 Å². The Morgan fingerprint density at radius 3 is 2.83 bits per heavy atom. The van der Waals surface area contributed by atoms with Crippen molar-refractivity contribution in [3.63, 3.8) is 0 Å². The Bertz CT molecular complexity index is 268. The molecule has 0 N–H and O–H groups in total. The molecule has 0 saturated carbocycles. The topological polar surface area (TPSA) is 29.0 Å². The summed E-state index contributed by atoms with van der Waals surface area (Å²) in [5.41, 5.74) is 1.13. The molecule has 0 aromatic carbocycles. The van der Waals surface area contributed by atoms with E-state index in [9.17, 15) is 0 Å². The van der Waals surface area contributed by atoms with Crippen LogP contribution in [-0.4, -0.2) is 23.1 Å². The van der Waals surface area contributed by atoms with E-state index >= 15 is 0 Å². The molecule has 0 aliphatic carbocycles. The Morgan fingerprint density at radius 2 is 2.25 bits per heavy atom. The standard InChI is InChI=1S/C9H13N3/c1-2-8-6-9(11-7-10-8)12-4-3-5-12/h6-7H,2-5H2,1H3. The van der Waals surface area contributed by atoms with Crippen molar-refractivity contribution < 1.29 is 0 Å². The van der Waals surface area contributed by atoms with Crippen molar-refractivity contribution >= 4 is 5.82 Å². The van der Waals surface area contributed by atoms with Crippen molar-refractivity contribution in [1.82, 2.24) is 9.97 Å². The Morgan fingerprint density at radius 1 is 1.42 bits per heavy atom. The van der Waals surface area contributed by atoms with Crippen molar-refractivity contribution in [2.75, 3.05) is 18.0 Å². The molecule has 3 heteroatoms. The Hall–Kier alpha value is -1.12. The van der Waals surface area contributed by atoms with Gasteiger partial charge in [-0.15, -0.1) is 0 Å². The summed E-state index contributed by atoms with van der Waals surface area (Å²) in [6, 6.07) is 2.08. The normalized spacial score (nSPS) is 15.9. The molecular formula is C9H13N3. The van der Waals surface area contributed by atoms with Crippen LogP contribution in [0.5, 0.6) is 0 Å². The lowest BCUT2D eigenvalue weighted by Gasteiger charge is -2.31. The summed E-state index contributed by atoms with van der Waals surface area (Å²) >= 11 is 0. The number of nitrogens with zero attached hydrogens (tertiary/aromatic N) is 3. The lowest BCUT2D eigenvalue weighted by molar-refractivity contribution is 0.608. The average molecular weight is 163 g/mol. The van der Waals surface area contributed by atoms with Gasteiger partial charge >= 0.3 is 0 Å². The number of aromatic nitrogens is 2. The van der Waals surface area contributed by atoms with Crippen LogP contribution in [-0.2, 0) is 6.42 Å². The quantitative estimate of drug-likeness (QED) is 0.657. The molecule has 0 unspecified atom stereocenters. The highest BCUT2D eigenvalue weighted by Crippen LogP contribution is 2.17. The minimum atomic E-state index is 0.989. The highest BCUT2D eigenvalue weighted by Gasteiger charge is 2.15. The van der Waals surface area contributed by atoms with Crippen LogP contribution in [0.4, 0.5) is 5.82 Å². The molecule has 0 spiro atoms. The summed E-state index contributed by atoms with van der Waals surface area (Å²) in [4.78, 5) is 10.7. The second-order valence-corrected chi connectivity index (χ2v) is 3.06. The molecule has 3 nitrogen and oxygen atoms in total.